The molecule has 0 saturated carbocycles. The SMILES string of the molecule is NCC(C=NC(=O)O)NC(=O)c1ccc(Oc2cccc(OCc3ccccc3)c2)cc1. The van der Waals surface area contributed by atoms with Crippen molar-refractivity contribution in [2.24, 2.45) is 10.7 Å². The zero-order valence-electron chi connectivity index (χ0n) is 17.2. The lowest BCUT2D eigenvalue weighted by molar-refractivity contribution is 0.0948. The van der Waals surface area contributed by atoms with E-state index >= 15 is 0 Å². The molecule has 1 atom stereocenters. The molecular weight excluding hydrogens is 410 g/mol. The number of carbonyl (C=O) groups is 2. The van der Waals surface area contributed by atoms with Crippen molar-refractivity contribution in [3.8, 4) is 17.2 Å². The summed E-state index contributed by atoms with van der Waals surface area (Å²) in [7, 11) is 0. The number of nitrogens with zero attached hydrogens (tertiary/aromatic N) is 1. The van der Waals surface area contributed by atoms with Gasteiger partial charge in [0.1, 0.15) is 23.9 Å². The van der Waals surface area contributed by atoms with Crippen LogP contribution < -0.4 is 20.5 Å². The maximum absolute atomic E-state index is 12.3. The Morgan fingerprint density at radius 1 is 0.969 bits per heavy atom. The van der Waals surface area contributed by atoms with Crippen LogP contribution in [-0.2, 0) is 6.61 Å². The van der Waals surface area contributed by atoms with E-state index in [1.807, 2.05) is 48.5 Å². The molecule has 0 heterocycles. The van der Waals surface area contributed by atoms with Crippen LogP contribution in [0.4, 0.5) is 4.79 Å². The summed E-state index contributed by atoms with van der Waals surface area (Å²) in [5.74, 6) is 1.42. The highest BCUT2D eigenvalue weighted by atomic mass is 16.5. The molecule has 8 nitrogen and oxygen atoms in total. The van der Waals surface area contributed by atoms with Crippen LogP contribution in [0.2, 0.25) is 0 Å². The molecule has 3 aromatic rings. The number of aliphatic imine (C=N–C) groups is 1. The summed E-state index contributed by atoms with van der Waals surface area (Å²) in [5, 5.41) is 11.2. The molecule has 3 rings (SSSR count). The zero-order valence-corrected chi connectivity index (χ0v) is 17.2. The van der Waals surface area contributed by atoms with E-state index in [0.717, 1.165) is 11.8 Å². The lowest BCUT2D eigenvalue weighted by Crippen LogP contribution is -2.41. The lowest BCUT2D eigenvalue weighted by Gasteiger charge is -2.12. The Morgan fingerprint density at radius 3 is 2.38 bits per heavy atom. The van der Waals surface area contributed by atoms with Crippen molar-refractivity contribution in [3.05, 3.63) is 90.0 Å². The van der Waals surface area contributed by atoms with Gasteiger partial charge in [0.05, 0.1) is 6.04 Å². The molecular formula is C24H23N3O5. The minimum atomic E-state index is -1.35. The second-order valence-electron chi connectivity index (χ2n) is 6.75. The number of hydrogen-bond donors (Lipinski definition) is 3. The second kappa shape index (κ2) is 11.3. The molecule has 0 fully saturated rings. The first-order chi connectivity index (χ1) is 15.5. The summed E-state index contributed by atoms with van der Waals surface area (Å²) in [4.78, 5) is 26.0. The van der Waals surface area contributed by atoms with Gasteiger partial charge in [-0.15, -0.1) is 0 Å². The topological polar surface area (TPSA) is 123 Å². The first kappa shape index (κ1) is 22.5. The molecule has 4 N–H and O–H groups in total. The first-order valence-corrected chi connectivity index (χ1v) is 9.86. The van der Waals surface area contributed by atoms with E-state index in [0.29, 0.717) is 29.4 Å². The Morgan fingerprint density at radius 2 is 1.69 bits per heavy atom. The van der Waals surface area contributed by atoms with Crippen LogP contribution in [-0.4, -0.2) is 35.9 Å². The van der Waals surface area contributed by atoms with Crippen LogP contribution >= 0.6 is 0 Å². The van der Waals surface area contributed by atoms with Gasteiger partial charge in [0.25, 0.3) is 5.91 Å². The molecule has 0 saturated heterocycles. The van der Waals surface area contributed by atoms with E-state index in [2.05, 4.69) is 10.3 Å². The minimum Gasteiger partial charge on any atom is -0.489 e. The van der Waals surface area contributed by atoms with Crippen molar-refractivity contribution in [3.63, 3.8) is 0 Å². The van der Waals surface area contributed by atoms with Gasteiger partial charge in [-0.05, 0) is 42.0 Å². The Kier molecular flexibility index (Phi) is 7.94. The summed E-state index contributed by atoms with van der Waals surface area (Å²) >= 11 is 0. The maximum Gasteiger partial charge on any atom is 0.430 e. The quantitative estimate of drug-likeness (QED) is 0.440. The number of ether oxygens (including phenoxy) is 2. The number of nitrogens with one attached hydrogen (secondary N) is 1. The summed E-state index contributed by atoms with van der Waals surface area (Å²) < 4.78 is 11.7. The van der Waals surface area contributed by atoms with Gasteiger partial charge >= 0.3 is 6.09 Å². The van der Waals surface area contributed by atoms with E-state index in [1.54, 1.807) is 30.3 Å². The molecule has 0 aliphatic carbocycles. The number of amides is 2. The third kappa shape index (κ3) is 6.96. The van der Waals surface area contributed by atoms with E-state index in [9.17, 15) is 9.59 Å². The number of carboxylic acid groups (broad SMARTS) is 1. The molecule has 164 valence electrons. The van der Waals surface area contributed by atoms with Crippen LogP contribution in [0.1, 0.15) is 15.9 Å². The summed E-state index contributed by atoms with van der Waals surface area (Å²) in [5.41, 5.74) is 6.98. The smallest absolute Gasteiger partial charge is 0.430 e. The van der Waals surface area contributed by atoms with Crippen LogP contribution in [0.3, 0.4) is 0 Å². The summed E-state index contributed by atoms with van der Waals surface area (Å²) in [6, 6.07) is 23.0. The van der Waals surface area contributed by atoms with E-state index in [4.69, 9.17) is 20.3 Å². The lowest BCUT2D eigenvalue weighted by atomic mass is 10.2. The van der Waals surface area contributed by atoms with Crippen LogP contribution in [0.5, 0.6) is 17.2 Å². The second-order valence-corrected chi connectivity index (χ2v) is 6.75. The number of benzene rings is 3. The van der Waals surface area contributed by atoms with Gasteiger partial charge < -0.3 is 25.6 Å². The van der Waals surface area contributed by atoms with Crippen molar-refractivity contribution in [2.45, 2.75) is 12.6 Å². The van der Waals surface area contributed by atoms with Gasteiger partial charge in [0.15, 0.2) is 0 Å². The number of nitrogens with two attached hydrogens (primary N) is 1. The standard InChI is InChI=1S/C24H23N3O5/c25-14-19(15-26-24(29)30)27-23(28)18-9-11-20(12-10-18)32-22-8-4-7-21(13-22)31-16-17-5-2-1-3-6-17/h1-13,15,19H,14,16,25H2,(H,27,28)(H,29,30). The van der Waals surface area contributed by atoms with Gasteiger partial charge in [-0.1, -0.05) is 36.4 Å². The molecule has 32 heavy (non-hydrogen) atoms. The minimum absolute atomic E-state index is 0.0202. The molecule has 0 aliphatic rings. The van der Waals surface area contributed by atoms with Gasteiger partial charge in [-0.3, -0.25) is 4.79 Å². The Bertz CT molecular complexity index is 1070. The molecule has 3 aromatic carbocycles. The highest BCUT2D eigenvalue weighted by molar-refractivity contribution is 5.96. The predicted molar refractivity (Wildman–Crippen MR) is 121 cm³/mol. The molecule has 0 bridgehead atoms. The van der Waals surface area contributed by atoms with Crippen LogP contribution in [0, 0.1) is 0 Å². The van der Waals surface area contributed by atoms with Gasteiger partial charge in [0.2, 0.25) is 0 Å². The van der Waals surface area contributed by atoms with E-state index < -0.39 is 18.0 Å². The number of hydrogen-bond acceptors (Lipinski definition) is 5. The average Bonchev–Trinajstić information content (AvgIpc) is 2.81. The van der Waals surface area contributed by atoms with Crippen LogP contribution in [0.25, 0.3) is 0 Å². The monoisotopic (exact) mass is 433 g/mol. The van der Waals surface area contributed by atoms with Crippen molar-refractivity contribution in [1.29, 1.82) is 0 Å². The molecule has 8 heteroatoms. The van der Waals surface area contributed by atoms with Crippen molar-refractivity contribution >= 4 is 18.2 Å². The van der Waals surface area contributed by atoms with Gasteiger partial charge in [-0.25, -0.2) is 4.79 Å². The molecule has 0 spiro atoms. The fourth-order valence-corrected chi connectivity index (χ4v) is 2.74. The fourth-order valence-electron chi connectivity index (χ4n) is 2.74. The molecule has 1 unspecified atom stereocenters. The third-order valence-corrected chi connectivity index (χ3v) is 4.34. The highest BCUT2D eigenvalue weighted by Crippen LogP contribution is 2.26. The zero-order chi connectivity index (χ0) is 22.8. The molecule has 2 amide bonds. The summed E-state index contributed by atoms with van der Waals surface area (Å²) in [6.45, 7) is 0.474. The first-order valence-electron chi connectivity index (χ1n) is 9.86. The Hall–Kier alpha value is -4.17. The van der Waals surface area contributed by atoms with Crippen LogP contribution in [0.15, 0.2) is 83.9 Å². The average molecular weight is 433 g/mol. The molecule has 0 aliphatic heterocycles. The van der Waals surface area contributed by atoms with Crippen molar-refractivity contribution < 1.29 is 24.2 Å². The van der Waals surface area contributed by atoms with Crippen molar-refractivity contribution in [1.82, 2.24) is 5.32 Å². The highest BCUT2D eigenvalue weighted by Gasteiger charge is 2.11. The number of carbonyl (C=O) groups excluding carboxylic acids is 1. The van der Waals surface area contributed by atoms with E-state index in [1.165, 1.54) is 0 Å². The summed E-state index contributed by atoms with van der Waals surface area (Å²) in [6.07, 6.45) is -0.265. The van der Waals surface area contributed by atoms with Gasteiger partial charge in [0, 0.05) is 24.4 Å². The Balaban J connectivity index is 1.58. The predicted octanol–water partition coefficient (Wildman–Crippen LogP) is 3.86. The fraction of sp³-hybridized carbons (Fsp3) is 0.125. The largest absolute Gasteiger partial charge is 0.489 e. The Labute approximate surface area is 185 Å². The normalized spacial score (nSPS) is 11.7. The third-order valence-electron chi connectivity index (χ3n) is 4.34. The number of rotatable bonds is 9. The molecule has 0 radical (unpaired) electrons. The maximum atomic E-state index is 12.3. The van der Waals surface area contributed by atoms with Gasteiger partial charge in [-0.2, -0.15) is 4.99 Å². The molecule has 0 aromatic heterocycles. The van der Waals surface area contributed by atoms with Crippen molar-refractivity contribution in [2.75, 3.05) is 6.54 Å². The van der Waals surface area contributed by atoms with E-state index in [-0.39, 0.29) is 6.54 Å².